The second-order valence-electron chi connectivity index (χ2n) is 5.60. The first-order chi connectivity index (χ1) is 11.8. The van der Waals surface area contributed by atoms with E-state index in [2.05, 4.69) is 11.9 Å². The van der Waals surface area contributed by atoms with Crippen molar-refractivity contribution in [1.29, 1.82) is 0 Å². The van der Waals surface area contributed by atoms with Crippen LogP contribution in [-0.2, 0) is 19.1 Å². The van der Waals surface area contributed by atoms with Crippen molar-refractivity contribution in [3.05, 3.63) is 42.5 Å². The summed E-state index contributed by atoms with van der Waals surface area (Å²) in [5, 5.41) is 11.9. The van der Waals surface area contributed by atoms with E-state index in [1.165, 1.54) is 14.0 Å². The molecule has 1 fully saturated rings. The van der Waals surface area contributed by atoms with Crippen molar-refractivity contribution in [2.75, 3.05) is 20.3 Å². The first kappa shape index (κ1) is 18.5. The minimum atomic E-state index is -1.93. The first-order valence-electron chi connectivity index (χ1n) is 7.56. The van der Waals surface area contributed by atoms with Crippen molar-refractivity contribution in [3.8, 4) is 5.75 Å². The molecule has 1 aliphatic rings. The van der Waals surface area contributed by atoms with Gasteiger partial charge in [0.25, 0.3) is 11.6 Å². The van der Waals surface area contributed by atoms with E-state index in [4.69, 9.17) is 9.47 Å². The molecule has 8 nitrogen and oxygen atoms in total. The van der Waals surface area contributed by atoms with Crippen LogP contribution in [0.3, 0.4) is 0 Å². The van der Waals surface area contributed by atoms with Crippen LogP contribution >= 0.6 is 0 Å². The summed E-state index contributed by atoms with van der Waals surface area (Å²) in [6.45, 7) is 4.82. The third kappa shape index (κ3) is 3.48. The Morgan fingerprint density at radius 2 is 2.04 bits per heavy atom. The van der Waals surface area contributed by atoms with Gasteiger partial charge >= 0.3 is 5.97 Å². The van der Waals surface area contributed by atoms with Gasteiger partial charge in [-0.3, -0.25) is 14.5 Å². The number of carboxylic acid groups (broad SMARTS) is 1. The number of para-hydroxylation sites is 1. The highest BCUT2D eigenvalue weighted by Crippen LogP contribution is 2.30. The average molecular weight is 348 g/mol. The van der Waals surface area contributed by atoms with Crippen LogP contribution in [0.15, 0.2) is 42.5 Å². The standard InChI is InChI=1S/C17H20N2O6/c1-11(2)17(24-3,16(22)23)19-9-13(15(19)21)18-14(20)10-25-12-7-5-4-6-8-12/h4-8,13H,1,9-10H2,2-3H3,(H,18,20)(H,22,23). The number of amides is 2. The van der Waals surface area contributed by atoms with Crippen LogP contribution in [0, 0.1) is 0 Å². The second-order valence-corrected chi connectivity index (χ2v) is 5.60. The second kappa shape index (κ2) is 7.35. The molecule has 2 rings (SSSR count). The Kier molecular flexibility index (Phi) is 5.43. The molecule has 134 valence electrons. The lowest BCUT2D eigenvalue weighted by Gasteiger charge is -2.48. The van der Waals surface area contributed by atoms with E-state index in [1.807, 2.05) is 6.07 Å². The molecular weight excluding hydrogens is 328 g/mol. The highest BCUT2D eigenvalue weighted by molar-refractivity contribution is 5.97. The van der Waals surface area contributed by atoms with E-state index < -0.39 is 29.6 Å². The van der Waals surface area contributed by atoms with Crippen molar-refractivity contribution >= 4 is 17.8 Å². The summed E-state index contributed by atoms with van der Waals surface area (Å²) in [6, 6.07) is 7.95. The van der Waals surface area contributed by atoms with Crippen LogP contribution in [0.4, 0.5) is 0 Å². The molecule has 2 atom stereocenters. The zero-order valence-electron chi connectivity index (χ0n) is 14.0. The number of likely N-dealkylation sites (tertiary alicyclic amines) is 1. The molecule has 0 radical (unpaired) electrons. The lowest BCUT2D eigenvalue weighted by Crippen LogP contribution is -2.73. The van der Waals surface area contributed by atoms with Gasteiger partial charge < -0.3 is 19.9 Å². The predicted octanol–water partition coefficient (Wildman–Crippen LogP) is 0.396. The lowest BCUT2D eigenvalue weighted by molar-refractivity contribution is -0.198. The van der Waals surface area contributed by atoms with E-state index in [0.29, 0.717) is 5.75 Å². The monoisotopic (exact) mass is 348 g/mol. The number of nitrogens with zero attached hydrogens (tertiary/aromatic N) is 1. The fourth-order valence-corrected chi connectivity index (χ4v) is 2.62. The van der Waals surface area contributed by atoms with Crippen LogP contribution in [0.25, 0.3) is 0 Å². The average Bonchev–Trinajstić information content (AvgIpc) is 2.59. The summed E-state index contributed by atoms with van der Waals surface area (Å²) < 4.78 is 10.4. The number of methoxy groups -OCH3 is 1. The van der Waals surface area contributed by atoms with E-state index in [0.717, 1.165) is 4.90 Å². The first-order valence-corrected chi connectivity index (χ1v) is 7.56. The van der Waals surface area contributed by atoms with Crippen molar-refractivity contribution in [1.82, 2.24) is 10.2 Å². The molecule has 0 aromatic heterocycles. The fourth-order valence-electron chi connectivity index (χ4n) is 2.62. The van der Waals surface area contributed by atoms with Crippen LogP contribution in [0.1, 0.15) is 6.92 Å². The summed E-state index contributed by atoms with van der Waals surface area (Å²) in [6.07, 6.45) is 0. The van der Waals surface area contributed by atoms with E-state index in [1.54, 1.807) is 24.3 Å². The summed E-state index contributed by atoms with van der Waals surface area (Å²) in [7, 11) is 1.19. The highest BCUT2D eigenvalue weighted by Gasteiger charge is 2.56. The number of benzene rings is 1. The van der Waals surface area contributed by atoms with Crippen LogP contribution in [0.2, 0.25) is 0 Å². The fraction of sp³-hybridized carbons (Fsp3) is 0.353. The van der Waals surface area contributed by atoms with Gasteiger partial charge in [0.05, 0.1) is 6.54 Å². The van der Waals surface area contributed by atoms with Crippen molar-refractivity contribution < 1.29 is 29.0 Å². The van der Waals surface area contributed by atoms with Gasteiger partial charge in [-0.25, -0.2) is 4.79 Å². The summed E-state index contributed by atoms with van der Waals surface area (Å²) in [5.74, 6) is -1.84. The SMILES string of the molecule is C=C(C)C(OC)(C(=O)O)N1CC(NC(=O)COc2ccccc2)C1=O. The Balaban J connectivity index is 1.92. The molecule has 8 heteroatoms. The predicted molar refractivity (Wildman–Crippen MR) is 87.8 cm³/mol. The van der Waals surface area contributed by atoms with E-state index in [9.17, 15) is 19.5 Å². The molecule has 2 amide bonds. The zero-order chi connectivity index (χ0) is 18.6. The van der Waals surface area contributed by atoms with Gasteiger partial charge in [0, 0.05) is 7.11 Å². The molecule has 1 aromatic carbocycles. The van der Waals surface area contributed by atoms with Gasteiger partial charge in [-0.1, -0.05) is 24.8 Å². The number of hydrogen-bond donors (Lipinski definition) is 2. The third-order valence-electron chi connectivity index (χ3n) is 3.92. The van der Waals surface area contributed by atoms with Gasteiger partial charge in [-0.15, -0.1) is 0 Å². The maximum Gasteiger partial charge on any atom is 0.362 e. The minimum absolute atomic E-state index is 0.00289. The molecule has 0 spiro atoms. The smallest absolute Gasteiger partial charge is 0.362 e. The molecule has 0 aliphatic carbocycles. The lowest BCUT2D eigenvalue weighted by atomic mass is 9.96. The number of rotatable bonds is 8. The van der Waals surface area contributed by atoms with Crippen LogP contribution < -0.4 is 10.1 Å². The number of ether oxygens (including phenoxy) is 2. The maximum atomic E-state index is 12.3. The number of hydrogen-bond acceptors (Lipinski definition) is 5. The molecule has 2 N–H and O–H groups in total. The Hall–Kier alpha value is -2.87. The third-order valence-corrected chi connectivity index (χ3v) is 3.92. The molecule has 1 aromatic rings. The topological polar surface area (TPSA) is 105 Å². The van der Waals surface area contributed by atoms with Crippen LogP contribution in [0.5, 0.6) is 5.75 Å². The van der Waals surface area contributed by atoms with Gasteiger partial charge in [0.1, 0.15) is 11.8 Å². The molecule has 25 heavy (non-hydrogen) atoms. The number of nitrogens with one attached hydrogen (secondary N) is 1. The molecule has 1 saturated heterocycles. The quantitative estimate of drug-likeness (QED) is 0.520. The van der Waals surface area contributed by atoms with Gasteiger partial charge in [0.2, 0.25) is 5.91 Å². The number of aliphatic carboxylic acids is 1. The largest absolute Gasteiger partial charge is 0.484 e. The summed E-state index contributed by atoms with van der Waals surface area (Å²) in [4.78, 5) is 36.8. The molecule has 1 aliphatic heterocycles. The molecule has 0 bridgehead atoms. The minimum Gasteiger partial charge on any atom is -0.484 e. The van der Waals surface area contributed by atoms with Crippen molar-refractivity contribution in [2.45, 2.75) is 18.7 Å². The summed E-state index contributed by atoms with van der Waals surface area (Å²) in [5.41, 5.74) is -1.77. The highest BCUT2D eigenvalue weighted by atomic mass is 16.5. The number of carbonyl (C=O) groups excluding carboxylic acids is 2. The van der Waals surface area contributed by atoms with Crippen molar-refractivity contribution in [3.63, 3.8) is 0 Å². The van der Waals surface area contributed by atoms with Crippen molar-refractivity contribution in [2.24, 2.45) is 0 Å². The van der Waals surface area contributed by atoms with E-state index >= 15 is 0 Å². The summed E-state index contributed by atoms with van der Waals surface area (Å²) >= 11 is 0. The Morgan fingerprint density at radius 1 is 1.40 bits per heavy atom. The van der Waals surface area contributed by atoms with Gasteiger partial charge in [0.15, 0.2) is 6.61 Å². The van der Waals surface area contributed by atoms with E-state index in [-0.39, 0.29) is 18.7 Å². The normalized spacial score (nSPS) is 18.7. The van der Waals surface area contributed by atoms with Crippen LogP contribution in [-0.4, -0.2) is 59.8 Å². The molecule has 1 heterocycles. The zero-order valence-corrected chi connectivity index (χ0v) is 14.0. The number of carboxylic acids is 1. The molecule has 0 saturated carbocycles. The molecular formula is C17H20N2O6. The van der Waals surface area contributed by atoms with Gasteiger partial charge in [-0.2, -0.15) is 0 Å². The van der Waals surface area contributed by atoms with Gasteiger partial charge in [-0.05, 0) is 24.6 Å². The number of β-lactam (4-membered cyclic amide) rings is 1. The number of carbonyl (C=O) groups is 3. The Morgan fingerprint density at radius 3 is 2.52 bits per heavy atom. The Labute approximate surface area is 145 Å². The maximum absolute atomic E-state index is 12.3. The Bertz CT molecular complexity index is 674. The molecule has 2 unspecified atom stereocenters.